The number of nitrogens with two attached hydrogens (primary N) is 1. The Morgan fingerprint density at radius 2 is 1.85 bits per heavy atom. The maximum atomic E-state index is 12.0. The molecule has 0 radical (unpaired) electrons. The first-order valence-electron chi connectivity index (χ1n) is 6.57. The van der Waals surface area contributed by atoms with Crippen molar-refractivity contribution in [3.05, 3.63) is 48.0 Å². The fourth-order valence-corrected chi connectivity index (χ4v) is 1.98. The third-order valence-electron chi connectivity index (χ3n) is 3.09. The van der Waals surface area contributed by atoms with Gasteiger partial charge in [0, 0.05) is 19.0 Å². The van der Waals surface area contributed by atoms with E-state index in [0.717, 1.165) is 0 Å². The molecule has 0 aromatic heterocycles. The van der Waals surface area contributed by atoms with Crippen molar-refractivity contribution in [3.63, 3.8) is 0 Å². The molecule has 0 heterocycles. The molecule has 0 saturated heterocycles. The number of rotatable bonds is 4. The van der Waals surface area contributed by atoms with Gasteiger partial charge in [0.2, 0.25) is 0 Å². The predicted molar refractivity (Wildman–Crippen MR) is 80.5 cm³/mol. The van der Waals surface area contributed by atoms with Crippen LogP contribution in [-0.2, 0) is 9.59 Å². The summed E-state index contributed by atoms with van der Waals surface area (Å²) in [7, 11) is 0. The molecule has 1 aliphatic carbocycles. The maximum Gasteiger partial charge on any atom is 0.168 e. The molecule has 1 saturated carbocycles. The smallest absolute Gasteiger partial charge is 0.168 e. The average molecular weight is 274 g/mol. The third-order valence-corrected chi connectivity index (χ3v) is 3.09. The van der Waals surface area contributed by atoms with Gasteiger partial charge in [0.05, 0.1) is 17.0 Å². The number of hydrogen-bond donors (Lipinski definition) is 2. The lowest BCUT2D eigenvalue weighted by molar-refractivity contribution is -0.127. The van der Waals surface area contributed by atoms with Crippen molar-refractivity contribution in [1.29, 1.82) is 0 Å². The molecule has 20 heavy (non-hydrogen) atoms. The van der Waals surface area contributed by atoms with Crippen LogP contribution in [0.25, 0.3) is 0 Å². The van der Waals surface area contributed by atoms with E-state index in [-0.39, 0.29) is 22.6 Å². The number of carbonyl (C=O) groups excluding carboxylic acids is 2. The summed E-state index contributed by atoms with van der Waals surface area (Å²) < 4.78 is 0. The van der Waals surface area contributed by atoms with E-state index in [1.54, 1.807) is 12.2 Å². The van der Waals surface area contributed by atoms with Crippen molar-refractivity contribution < 1.29 is 9.59 Å². The Morgan fingerprint density at radius 3 is 2.35 bits per heavy atom. The van der Waals surface area contributed by atoms with Gasteiger partial charge in [-0.1, -0.05) is 32.6 Å². The zero-order valence-electron chi connectivity index (χ0n) is 12.3. The number of Topliss-reactive ketones (excluding diaryl/α,β-unsaturated/α-hetero) is 2. The molecule has 1 fully saturated rings. The van der Waals surface area contributed by atoms with Gasteiger partial charge in [-0.3, -0.25) is 9.59 Å². The molecule has 0 spiro atoms. The lowest BCUT2D eigenvalue weighted by Gasteiger charge is -2.28. The first-order valence-corrected chi connectivity index (χ1v) is 6.57. The fourth-order valence-electron chi connectivity index (χ4n) is 1.98. The monoisotopic (exact) mass is 274 g/mol. The standard InChI is InChI=1S/C16H22N2O2/c1-5-6-7-13(17)11(2)18-10-12-14(19)8-16(3,4)9-15(12)20/h5-7,10,18H,2,8-9,17H2,1,3-4H3/b6-5-,13-7+. The van der Waals surface area contributed by atoms with Crippen LogP contribution < -0.4 is 11.1 Å². The maximum absolute atomic E-state index is 12.0. The second kappa shape index (κ2) is 6.37. The Balaban J connectivity index is 2.78. The van der Waals surface area contributed by atoms with Crippen LogP contribution in [0.1, 0.15) is 33.6 Å². The molecule has 1 aliphatic rings. The van der Waals surface area contributed by atoms with Crippen LogP contribution >= 0.6 is 0 Å². The highest BCUT2D eigenvalue weighted by Gasteiger charge is 2.35. The average Bonchev–Trinajstić information content (AvgIpc) is 2.33. The van der Waals surface area contributed by atoms with Crippen molar-refractivity contribution in [2.45, 2.75) is 33.6 Å². The van der Waals surface area contributed by atoms with Gasteiger partial charge in [-0.15, -0.1) is 0 Å². The zero-order valence-corrected chi connectivity index (χ0v) is 12.3. The summed E-state index contributed by atoms with van der Waals surface area (Å²) in [6.45, 7) is 9.48. The molecule has 0 amide bonds. The Kier molecular flexibility index (Phi) is 5.08. The van der Waals surface area contributed by atoms with Crippen molar-refractivity contribution in [1.82, 2.24) is 5.32 Å². The predicted octanol–water partition coefficient (Wildman–Crippen LogP) is 2.35. The highest BCUT2D eigenvalue weighted by molar-refractivity contribution is 6.22. The number of allylic oxidation sites excluding steroid dienone is 4. The topological polar surface area (TPSA) is 72.2 Å². The van der Waals surface area contributed by atoms with Crippen LogP contribution in [0.3, 0.4) is 0 Å². The minimum atomic E-state index is -0.257. The quantitative estimate of drug-likeness (QED) is 0.469. The molecular formula is C16H22N2O2. The van der Waals surface area contributed by atoms with Crippen molar-refractivity contribution in [2.24, 2.45) is 11.1 Å². The molecule has 4 heteroatoms. The van der Waals surface area contributed by atoms with Crippen LogP contribution in [0.15, 0.2) is 48.0 Å². The summed E-state index contributed by atoms with van der Waals surface area (Å²) in [6.07, 6.45) is 7.49. The molecule has 1 rings (SSSR count). The largest absolute Gasteiger partial charge is 0.397 e. The summed E-state index contributed by atoms with van der Waals surface area (Å²) in [5.74, 6) is -0.273. The first kappa shape index (κ1) is 16.0. The third kappa shape index (κ3) is 4.23. The summed E-state index contributed by atoms with van der Waals surface area (Å²) in [5.41, 5.74) is 6.64. The molecular weight excluding hydrogens is 252 g/mol. The molecule has 4 nitrogen and oxygen atoms in total. The van der Waals surface area contributed by atoms with Crippen LogP contribution in [0.5, 0.6) is 0 Å². The molecule has 0 aromatic rings. The highest BCUT2D eigenvalue weighted by Crippen LogP contribution is 2.33. The number of hydrogen-bond acceptors (Lipinski definition) is 4. The highest BCUT2D eigenvalue weighted by atomic mass is 16.1. The SMILES string of the molecule is C=C(NC=C1C(=O)CC(C)(C)CC1=O)/C(N)=C\C=C/C. The normalized spacial score (nSPS) is 19.4. The van der Waals surface area contributed by atoms with E-state index in [4.69, 9.17) is 5.73 Å². The van der Waals surface area contributed by atoms with E-state index in [1.807, 2.05) is 26.8 Å². The second-order valence-electron chi connectivity index (χ2n) is 5.69. The molecule has 0 aliphatic heterocycles. The molecule has 3 N–H and O–H groups in total. The Hall–Kier alpha value is -2.10. The van der Waals surface area contributed by atoms with E-state index in [0.29, 0.717) is 24.2 Å². The van der Waals surface area contributed by atoms with Gasteiger partial charge in [-0.2, -0.15) is 0 Å². The second-order valence-corrected chi connectivity index (χ2v) is 5.69. The van der Waals surface area contributed by atoms with Gasteiger partial charge >= 0.3 is 0 Å². The Labute approximate surface area is 120 Å². The van der Waals surface area contributed by atoms with E-state index in [9.17, 15) is 9.59 Å². The van der Waals surface area contributed by atoms with Crippen LogP contribution in [0.2, 0.25) is 0 Å². The molecule has 0 bridgehead atoms. The number of ketones is 2. The minimum absolute atomic E-state index is 0.137. The lowest BCUT2D eigenvalue weighted by Crippen LogP contribution is -2.32. The van der Waals surface area contributed by atoms with E-state index in [2.05, 4.69) is 11.9 Å². The van der Waals surface area contributed by atoms with Crippen molar-refractivity contribution >= 4 is 11.6 Å². The molecule has 0 unspecified atom stereocenters. The van der Waals surface area contributed by atoms with Gasteiger partial charge in [0.15, 0.2) is 11.6 Å². The van der Waals surface area contributed by atoms with Gasteiger partial charge < -0.3 is 11.1 Å². The van der Waals surface area contributed by atoms with E-state index in [1.165, 1.54) is 6.20 Å². The number of nitrogens with one attached hydrogen (secondary N) is 1. The molecule has 0 atom stereocenters. The first-order chi connectivity index (χ1) is 9.26. The molecule has 0 aromatic carbocycles. The number of carbonyl (C=O) groups is 2. The Bertz CT molecular complexity index is 501. The summed E-state index contributed by atoms with van der Waals surface area (Å²) in [4.78, 5) is 23.9. The zero-order chi connectivity index (χ0) is 15.3. The van der Waals surface area contributed by atoms with E-state index < -0.39 is 0 Å². The van der Waals surface area contributed by atoms with E-state index >= 15 is 0 Å². The van der Waals surface area contributed by atoms with Crippen LogP contribution in [0, 0.1) is 5.41 Å². The van der Waals surface area contributed by atoms with Crippen molar-refractivity contribution in [2.75, 3.05) is 0 Å². The van der Waals surface area contributed by atoms with Gasteiger partial charge in [-0.25, -0.2) is 0 Å². The van der Waals surface area contributed by atoms with Crippen molar-refractivity contribution in [3.8, 4) is 0 Å². The van der Waals surface area contributed by atoms with Gasteiger partial charge in [0.1, 0.15) is 0 Å². The summed E-state index contributed by atoms with van der Waals surface area (Å²) in [6, 6.07) is 0. The Morgan fingerprint density at radius 1 is 1.30 bits per heavy atom. The van der Waals surface area contributed by atoms with Crippen LogP contribution in [-0.4, -0.2) is 11.6 Å². The lowest BCUT2D eigenvalue weighted by atomic mass is 9.74. The fraction of sp³-hybridized carbons (Fsp3) is 0.375. The van der Waals surface area contributed by atoms with Crippen LogP contribution in [0.4, 0.5) is 0 Å². The van der Waals surface area contributed by atoms with Gasteiger partial charge in [0.25, 0.3) is 0 Å². The summed E-state index contributed by atoms with van der Waals surface area (Å²) >= 11 is 0. The van der Waals surface area contributed by atoms with Gasteiger partial charge in [-0.05, 0) is 18.4 Å². The minimum Gasteiger partial charge on any atom is -0.397 e. The molecule has 108 valence electrons. The summed E-state index contributed by atoms with van der Waals surface area (Å²) in [5, 5.41) is 2.82.